The molecular formula is C20H42. The summed E-state index contributed by atoms with van der Waals surface area (Å²) in [6, 6.07) is 0. The van der Waals surface area contributed by atoms with Crippen LogP contribution >= 0.6 is 0 Å². The Morgan fingerprint density at radius 1 is 0.700 bits per heavy atom. The Morgan fingerprint density at radius 3 is 1.45 bits per heavy atom. The van der Waals surface area contributed by atoms with Gasteiger partial charge in [0, 0.05) is 0 Å². The van der Waals surface area contributed by atoms with Crippen molar-refractivity contribution in [3.05, 3.63) is 0 Å². The first kappa shape index (κ1) is 20.0. The number of rotatable bonds is 9. The minimum Gasteiger partial charge on any atom is -0.0628 e. The summed E-state index contributed by atoms with van der Waals surface area (Å²) in [5.74, 6) is 2.48. The average Bonchev–Trinajstić information content (AvgIpc) is 2.10. The van der Waals surface area contributed by atoms with Crippen LogP contribution in [0.15, 0.2) is 0 Å². The van der Waals surface area contributed by atoms with Crippen molar-refractivity contribution in [1.29, 1.82) is 0 Å². The minimum atomic E-state index is 0.446. The first-order valence-electron chi connectivity index (χ1n) is 8.96. The molecule has 0 aliphatic carbocycles. The van der Waals surface area contributed by atoms with E-state index in [9.17, 15) is 0 Å². The van der Waals surface area contributed by atoms with Crippen LogP contribution in [-0.2, 0) is 0 Å². The summed E-state index contributed by atoms with van der Waals surface area (Å²) >= 11 is 0. The van der Waals surface area contributed by atoms with Gasteiger partial charge in [-0.3, -0.25) is 0 Å². The van der Waals surface area contributed by atoms with Gasteiger partial charge in [-0.25, -0.2) is 0 Å². The van der Waals surface area contributed by atoms with Gasteiger partial charge in [-0.05, 0) is 54.3 Å². The maximum absolute atomic E-state index is 2.42. The van der Waals surface area contributed by atoms with Gasteiger partial charge in [-0.2, -0.15) is 0 Å². The van der Waals surface area contributed by atoms with Gasteiger partial charge in [0.1, 0.15) is 0 Å². The van der Waals surface area contributed by atoms with Gasteiger partial charge >= 0.3 is 0 Å². The Labute approximate surface area is 130 Å². The van der Waals surface area contributed by atoms with Gasteiger partial charge in [-0.15, -0.1) is 0 Å². The molecule has 0 rings (SSSR count). The fraction of sp³-hybridized carbons (Fsp3) is 1.00. The van der Waals surface area contributed by atoms with Crippen LogP contribution < -0.4 is 0 Å². The van der Waals surface area contributed by atoms with Crippen LogP contribution in [0.3, 0.4) is 0 Å². The van der Waals surface area contributed by atoms with E-state index in [0.29, 0.717) is 10.8 Å². The Morgan fingerprint density at radius 2 is 1.15 bits per heavy atom. The Balaban J connectivity index is 4.98. The normalized spacial score (nSPS) is 13.8. The standard InChI is InChI=1S/C20H42/c1-16(2)11-10-12-20(13-17(3)4,14-18(5)6)15-19(7,8)9/h16-18H,10-15H2,1-9H3. The van der Waals surface area contributed by atoms with Gasteiger partial charge in [0.25, 0.3) is 0 Å². The van der Waals surface area contributed by atoms with E-state index in [0.717, 1.165) is 17.8 Å². The molecule has 0 radical (unpaired) electrons. The highest BCUT2D eigenvalue weighted by Gasteiger charge is 2.35. The Bertz CT molecular complexity index is 229. The lowest BCUT2D eigenvalue weighted by atomic mass is 9.63. The third-order valence-corrected chi connectivity index (χ3v) is 4.08. The topological polar surface area (TPSA) is 0 Å². The second-order valence-electron chi connectivity index (χ2n) is 9.72. The van der Waals surface area contributed by atoms with Crippen LogP contribution in [0.1, 0.15) is 101 Å². The Hall–Kier alpha value is 0. The molecule has 0 N–H and O–H groups in total. The van der Waals surface area contributed by atoms with Gasteiger partial charge in [-0.1, -0.05) is 75.2 Å². The van der Waals surface area contributed by atoms with E-state index in [1.54, 1.807) is 0 Å². The lowest BCUT2D eigenvalue weighted by Gasteiger charge is -2.42. The molecule has 0 spiro atoms. The summed E-state index contributed by atoms with van der Waals surface area (Å²) < 4.78 is 0. The summed E-state index contributed by atoms with van der Waals surface area (Å²) in [4.78, 5) is 0. The SMILES string of the molecule is CC(C)CCCC(CC(C)C)(CC(C)C)CC(C)(C)C. The van der Waals surface area contributed by atoms with E-state index in [2.05, 4.69) is 62.3 Å². The first-order chi connectivity index (χ1) is 8.96. The molecule has 0 heterocycles. The highest BCUT2D eigenvalue weighted by atomic mass is 14.4. The molecule has 0 aliphatic rings. The lowest BCUT2D eigenvalue weighted by Crippen LogP contribution is -2.30. The maximum atomic E-state index is 2.42. The molecule has 0 aromatic heterocycles. The van der Waals surface area contributed by atoms with Crippen molar-refractivity contribution < 1.29 is 0 Å². The van der Waals surface area contributed by atoms with E-state index < -0.39 is 0 Å². The fourth-order valence-electron chi connectivity index (χ4n) is 4.26. The van der Waals surface area contributed by atoms with Crippen LogP contribution in [0.25, 0.3) is 0 Å². The quantitative estimate of drug-likeness (QED) is 0.415. The number of hydrogen-bond acceptors (Lipinski definition) is 0. The Kier molecular flexibility index (Phi) is 8.44. The summed E-state index contributed by atoms with van der Waals surface area (Å²) in [6.07, 6.45) is 8.42. The average molecular weight is 283 g/mol. The highest BCUT2D eigenvalue weighted by Crippen LogP contribution is 2.47. The molecule has 20 heavy (non-hydrogen) atoms. The zero-order valence-electron chi connectivity index (χ0n) is 16.0. The van der Waals surface area contributed by atoms with Crippen molar-refractivity contribution >= 4 is 0 Å². The lowest BCUT2D eigenvalue weighted by molar-refractivity contribution is 0.0924. The van der Waals surface area contributed by atoms with Crippen molar-refractivity contribution in [2.75, 3.05) is 0 Å². The fourth-order valence-corrected chi connectivity index (χ4v) is 4.26. The molecule has 0 amide bonds. The molecule has 0 atom stereocenters. The summed E-state index contributed by atoms with van der Waals surface area (Å²) in [7, 11) is 0. The van der Waals surface area contributed by atoms with E-state index in [4.69, 9.17) is 0 Å². The van der Waals surface area contributed by atoms with Crippen molar-refractivity contribution in [3.8, 4) is 0 Å². The summed E-state index contributed by atoms with van der Waals surface area (Å²) in [6.45, 7) is 21.6. The van der Waals surface area contributed by atoms with Crippen molar-refractivity contribution in [2.45, 2.75) is 101 Å². The van der Waals surface area contributed by atoms with Crippen molar-refractivity contribution in [3.63, 3.8) is 0 Å². The summed E-state index contributed by atoms with van der Waals surface area (Å²) in [5.41, 5.74) is 1.01. The molecule has 0 aromatic rings. The van der Waals surface area contributed by atoms with E-state index in [-0.39, 0.29) is 0 Å². The zero-order valence-corrected chi connectivity index (χ0v) is 16.0. The molecule has 0 saturated carbocycles. The smallest absolute Gasteiger partial charge is 0.0288 e. The molecule has 0 fully saturated rings. The molecule has 0 unspecified atom stereocenters. The summed E-state index contributed by atoms with van der Waals surface area (Å²) in [5, 5.41) is 0. The van der Waals surface area contributed by atoms with Crippen LogP contribution in [0.5, 0.6) is 0 Å². The molecule has 0 nitrogen and oxygen atoms in total. The van der Waals surface area contributed by atoms with E-state index in [1.165, 1.54) is 38.5 Å². The number of hydrogen-bond donors (Lipinski definition) is 0. The van der Waals surface area contributed by atoms with Gasteiger partial charge < -0.3 is 0 Å². The monoisotopic (exact) mass is 282 g/mol. The highest BCUT2D eigenvalue weighted by molar-refractivity contribution is 4.86. The predicted octanol–water partition coefficient (Wildman–Crippen LogP) is 7.33. The molecular weight excluding hydrogens is 240 g/mol. The molecule has 0 heteroatoms. The van der Waals surface area contributed by atoms with Crippen LogP contribution in [0, 0.1) is 28.6 Å². The van der Waals surface area contributed by atoms with E-state index in [1.807, 2.05) is 0 Å². The third-order valence-electron chi connectivity index (χ3n) is 4.08. The van der Waals surface area contributed by atoms with Crippen LogP contribution in [0.2, 0.25) is 0 Å². The molecule has 0 bridgehead atoms. The zero-order chi connectivity index (χ0) is 16.0. The van der Waals surface area contributed by atoms with E-state index >= 15 is 0 Å². The largest absolute Gasteiger partial charge is 0.0628 e. The van der Waals surface area contributed by atoms with Gasteiger partial charge in [0.15, 0.2) is 0 Å². The van der Waals surface area contributed by atoms with Crippen LogP contribution in [-0.4, -0.2) is 0 Å². The third kappa shape index (κ3) is 9.83. The second-order valence-corrected chi connectivity index (χ2v) is 9.72. The minimum absolute atomic E-state index is 0.446. The maximum Gasteiger partial charge on any atom is -0.0288 e. The molecule has 0 aliphatic heterocycles. The molecule has 0 aromatic carbocycles. The molecule has 122 valence electrons. The van der Waals surface area contributed by atoms with Crippen molar-refractivity contribution in [2.24, 2.45) is 28.6 Å². The van der Waals surface area contributed by atoms with Crippen molar-refractivity contribution in [1.82, 2.24) is 0 Å². The van der Waals surface area contributed by atoms with Gasteiger partial charge in [0.2, 0.25) is 0 Å². The molecule has 0 saturated heterocycles. The van der Waals surface area contributed by atoms with Gasteiger partial charge in [0.05, 0.1) is 0 Å². The van der Waals surface area contributed by atoms with Crippen LogP contribution in [0.4, 0.5) is 0 Å². The first-order valence-corrected chi connectivity index (χ1v) is 8.96. The predicted molar refractivity (Wildman–Crippen MR) is 94.1 cm³/mol. The second kappa shape index (κ2) is 8.44.